The molecule has 0 aliphatic carbocycles. The van der Waals surface area contributed by atoms with Crippen LogP contribution >= 0.6 is 0 Å². The Labute approximate surface area is 89.1 Å². The van der Waals surface area contributed by atoms with Crippen molar-refractivity contribution < 1.29 is 9.84 Å². The number of aliphatic hydroxyl groups is 1. The lowest BCUT2D eigenvalue weighted by molar-refractivity contribution is -0.156. The summed E-state index contributed by atoms with van der Waals surface area (Å²) in [5.41, 5.74) is 2.28. The first-order valence-corrected chi connectivity index (χ1v) is 5.49. The van der Waals surface area contributed by atoms with E-state index < -0.39 is 5.79 Å². The van der Waals surface area contributed by atoms with Gasteiger partial charge in [0.05, 0.1) is 6.10 Å². The lowest BCUT2D eigenvalue weighted by Gasteiger charge is -2.21. The van der Waals surface area contributed by atoms with Crippen molar-refractivity contribution in [2.45, 2.75) is 44.0 Å². The zero-order chi connectivity index (χ0) is 10.5. The molecule has 3 unspecified atom stereocenters. The van der Waals surface area contributed by atoms with E-state index in [1.807, 2.05) is 19.2 Å². The minimum Gasteiger partial charge on any atom is -0.365 e. The Kier molecular flexibility index (Phi) is 1.88. The molecule has 2 bridgehead atoms. The molecule has 80 valence electrons. The highest BCUT2D eigenvalue weighted by molar-refractivity contribution is 5.24. The molecule has 2 aliphatic heterocycles. The molecule has 3 rings (SSSR count). The summed E-state index contributed by atoms with van der Waals surface area (Å²) < 4.78 is 5.60. The molecular formula is C12H15NO2. The van der Waals surface area contributed by atoms with Gasteiger partial charge in [-0.2, -0.15) is 0 Å². The zero-order valence-corrected chi connectivity index (χ0v) is 8.81. The van der Waals surface area contributed by atoms with E-state index in [-0.39, 0.29) is 6.10 Å². The topological polar surface area (TPSA) is 42.4 Å². The van der Waals surface area contributed by atoms with E-state index in [0.29, 0.717) is 5.92 Å². The zero-order valence-electron chi connectivity index (χ0n) is 8.81. The number of ether oxygens (including phenoxy) is 1. The van der Waals surface area contributed by atoms with Crippen LogP contribution in [0.4, 0.5) is 0 Å². The van der Waals surface area contributed by atoms with Gasteiger partial charge in [-0.3, -0.25) is 4.98 Å². The summed E-state index contributed by atoms with van der Waals surface area (Å²) in [4.78, 5) is 4.19. The molecule has 2 saturated heterocycles. The summed E-state index contributed by atoms with van der Waals surface area (Å²) >= 11 is 0. The molecule has 2 fully saturated rings. The normalized spacial score (nSPS) is 38.5. The van der Waals surface area contributed by atoms with Crippen LogP contribution in [0.15, 0.2) is 18.3 Å². The van der Waals surface area contributed by atoms with Gasteiger partial charge in [-0.25, -0.2) is 0 Å². The fourth-order valence-corrected chi connectivity index (χ4v) is 2.81. The molecule has 3 atom stereocenters. The van der Waals surface area contributed by atoms with Crippen molar-refractivity contribution in [3.05, 3.63) is 29.6 Å². The van der Waals surface area contributed by atoms with Gasteiger partial charge in [0.15, 0.2) is 5.79 Å². The summed E-state index contributed by atoms with van der Waals surface area (Å²) in [5, 5.41) is 10.0. The minimum atomic E-state index is -0.841. The molecule has 3 heterocycles. The van der Waals surface area contributed by atoms with Crippen molar-refractivity contribution in [1.82, 2.24) is 4.98 Å². The number of hydrogen-bond acceptors (Lipinski definition) is 3. The molecule has 1 aromatic heterocycles. The van der Waals surface area contributed by atoms with E-state index in [0.717, 1.165) is 25.0 Å². The fourth-order valence-electron chi connectivity index (χ4n) is 2.81. The monoisotopic (exact) mass is 205 g/mol. The van der Waals surface area contributed by atoms with E-state index >= 15 is 0 Å². The van der Waals surface area contributed by atoms with Crippen molar-refractivity contribution in [3.8, 4) is 0 Å². The van der Waals surface area contributed by atoms with Crippen LogP contribution in [0.5, 0.6) is 0 Å². The van der Waals surface area contributed by atoms with Crippen molar-refractivity contribution in [2.24, 2.45) is 0 Å². The van der Waals surface area contributed by atoms with Crippen LogP contribution in [0.2, 0.25) is 0 Å². The number of aryl methyl sites for hydroxylation is 1. The van der Waals surface area contributed by atoms with Crippen molar-refractivity contribution in [3.63, 3.8) is 0 Å². The first-order valence-electron chi connectivity index (χ1n) is 5.49. The highest BCUT2D eigenvalue weighted by atomic mass is 16.6. The van der Waals surface area contributed by atoms with E-state index in [2.05, 4.69) is 11.1 Å². The molecule has 0 radical (unpaired) electrons. The summed E-state index contributed by atoms with van der Waals surface area (Å²) in [6, 6.07) is 4.13. The third kappa shape index (κ3) is 1.46. The number of nitrogens with zero attached hydrogens (tertiary/aromatic N) is 1. The Bertz CT molecular complexity index is 393. The quantitative estimate of drug-likeness (QED) is 0.759. The first-order chi connectivity index (χ1) is 7.16. The lowest BCUT2D eigenvalue weighted by Crippen LogP contribution is -2.24. The minimum absolute atomic E-state index is 0.205. The SMILES string of the molecule is Cc1cc(C2CC3(O)CCC2O3)ccn1. The predicted molar refractivity (Wildman–Crippen MR) is 55.4 cm³/mol. The second kappa shape index (κ2) is 3.03. The standard InChI is InChI=1S/C12H15NO2/c1-8-6-9(3-5-13-8)10-7-12(14)4-2-11(10)15-12/h3,5-6,10-11,14H,2,4,7H2,1H3. The van der Waals surface area contributed by atoms with Gasteiger partial charge in [0, 0.05) is 30.7 Å². The highest BCUT2D eigenvalue weighted by Crippen LogP contribution is 2.49. The highest BCUT2D eigenvalue weighted by Gasteiger charge is 2.51. The van der Waals surface area contributed by atoms with Crippen molar-refractivity contribution >= 4 is 0 Å². The average Bonchev–Trinajstić information content (AvgIpc) is 2.73. The van der Waals surface area contributed by atoms with Crippen LogP contribution in [-0.2, 0) is 4.74 Å². The van der Waals surface area contributed by atoms with Crippen LogP contribution < -0.4 is 0 Å². The lowest BCUT2D eigenvalue weighted by atomic mass is 9.83. The summed E-state index contributed by atoms with van der Waals surface area (Å²) in [6.45, 7) is 1.99. The summed E-state index contributed by atoms with van der Waals surface area (Å²) in [6.07, 6.45) is 4.54. The van der Waals surface area contributed by atoms with Gasteiger partial charge in [-0.1, -0.05) is 0 Å². The number of pyridine rings is 1. The van der Waals surface area contributed by atoms with E-state index in [9.17, 15) is 5.11 Å². The molecule has 1 N–H and O–H groups in total. The molecule has 2 aliphatic rings. The van der Waals surface area contributed by atoms with Crippen LogP contribution in [0, 0.1) is 6.92 Å². The van der Waals surface area contributed by atoms with Crippen LogP contribution in [0.1, 0.15) is 36.4 Å². The predicted octanol–water partition coefficient (Wildman–Crippen LogP) is 1.74. The van der Waals surface area contributed by atoms with Gasteiger partial charge in [0.2, 0.25) is 0 Å². The van der Waals surface area contributed by atoms with Gasteiger partial charge in [0.25, 0.3) is 0 Å². The second-order valence-electron chi connectivity index (χ2n) is 4.68. The molecular weight excluding hydrogens is 190 g/mol. The Morgan fingerprint density at radius 1 is 1.60 bits per heavy atom. The van der Waals surface area contributed by atoms with E-state index in [1.54, 1.807) is 0 Å². The molecule has 0 amide bonds. The average molecular weight is 205 g/mol. The number of hydrogen-bond donors (Lipinski definition) is 1. The number of rotatable bonds is 1. The Morgan fingerprint density at radius 2 is 2.47 bits per heavy atom. The first kappa shape index (κ1) is 9.31. The Hall–Kier alpha value is -0.930. The van der Waals surface area contributed by atoms with Crippen molar-refractivity contribution in [1.29, 1.82) is 0 Å². The van der Waals surface area contributed by atoms with Gasteiger partial charge < -0.3 is 9.84 Å². The van der Waals surface area contributed by atoms with Gasteiger partial charge in [-0.05, 0) is 31.0 Å². The third-order valence-electron chi connectivity index (χ3n) is 3.53. The largest absolute Gasteiger partial charge is 0.365 e. The van der Waals surface area contributed by atoms with Crippen LogP contribution in [-0.4, -0.2) is 22.0 Å². The maximum Gasteiger partial charge on any atom is 0.166 e. The third-order valence-corrected chi connectivity index (χ3v) is 3.53. The molecule has 0 saturated carbocycles. The summed E-state index contributed by atoms with van der Waals surface area (Å²) in [7, 11) is 0. The second-order valence-corrected chi connectivity index (χ2v) is 4.68. The maximum atomic E-state index is 10.0. The number of aromatic nitrogens is 1. The Morgan fingerprint density at radius 3 is 3.07 bits per heavy atom. The van der Waals surface area contributed by atoms with Gasteiger partial charge in [-0.15, -0.1) is 0 Å². The molecule has 15 heavy (non-hydrogen) atoms. The van der Waals surface area contributed by atoms with E-state index in [1.165, 1.54) is 5.56 Å². The molecule has 3 heteroatoms. The van der Waals surface area contributed by atoms with Crippen molar-refractivity contribution in [2.75, 3.05) is 0 Å². The summed E-state index contributed by atoms with van der Waals surface area (Å²) in [5.74, 6) is -0.488. The Balaban J connectivity index is 1.91. The van der Waals surface area contributed by atoms with Gasteiger partial charge >= 0.3 is 0 Å². The van der Waals surface area contributed by atoms with Crippen LogP contribution in [0.3, 0.4) is 0 Å². The van der Waals surface area contributed by atoms with Gasteiger partial charge in [0.1, 0.15) is 0 Å². The number of fused-ring (bicyclic) bond motifs is 2. The molecule has 1 aromatic rings. The van der Waals surface area contributed by atoms with E-state index in [4.69, 9.17) is 4.74 Å². The maximum absolute atomic E-state index is 10.0. The molecule has 3 nitrogen and oxygen atoms in total. The van der Waals surface area contributed by atoms with Crippen LogP contribution in [0.25, 0.3) is 0 Å². The molecule has 0 aromatic carbocycles. The fraction of sp³-hybridized carbons (Fsp3) is 0.583. The molecule has 0 spiro atoms. The smallest absolute Gasteiger partial charge is 0.166 e.